The molecule has 0 aromatic carbocycles. The zero-order chi connectivity index (χ0) is 20.3. The number of thiocarbonyl (C=S) groups is 3. The Labute approximate surface area is 187 Å². The largest absolute Gasteiger partial charge is 0.410 e. The normalized spacial score (nSPS) is 16.8. The second kappa shape index (κ2) is 9.66. The summed E-state index contributed by atoms with van der Waals surface area (Å²) < 4.78 is 2.31. The van der Waals surface area contributed by atoms with Crippen molar-refractivity contribution < 1.29 is 9.63 Å². The van der Waals surface area contributed by atoms with Gasteiger partial charge in [0, 0.05) is 24.6 Å². The second-order valence-corrected chi connectivity index (χ2v) is 9.91. The highest BCUT2D eigenvalue weighted by molar-refractivity contribution is 8.23. The molecule has 2 aliphatic heterocycles. The number of unbranched alkanes of at least 4 members (excludes halogenated alkanes) is 1. The van der Waals surface area contributed by atoms with Crippen molar-refractivity contribution in [2.24, 2.45) is 0 Å². The molecule has 0 unspecified atom stereocenters. The molecule has 0 bridgehead atoms. The number of carbonyl (C=O) groups excluding carboxylic acids is 1. The number of aromatic nitrogens is 1. The summed E-state index contributed by atoms with van der Waals surface area (Å²) in [7, 11) is 0. The number of carbonyl (C=O) groups is 1. The molecule has 0 radical (unpaired) electrons. The number of nitrogens with zero attached hydrogens (tertiary/aromatic N) is 3. The maximum Gasteiger partial charge on any atom is 0.296 e. The average molecular weight is 474 g/mol. The lowest BCUT2D eigenvalue weighted by atomic mass is 10.2. The Morgan fingerprint density at radius 1 is 1.14 bits per heavy atom. The molecule has 150 valence electrons. The van der Waals surface area contributed by atoms with Gasteiger partial charge in [-0.15, -0.1) is 4.73 Å². The molecule has 0 saturated carbocycles. The molecule has 11 heteroatoms. The molecule has 2 saturated heterocycles. The highest BCUT2D eigenvalue weighted by atomic mass is 32.2. The third-order valence-electron chi connectivity index (χ3n) is 4.22. The van der Waals surface area contributed by atoms with E-state index in [-0.39, 0.29) is 5.56 Å². The van der Waals surface area contributed by atoms with Gasteiger partial charge in [-0.25, -0.2) is 0 Å². The van der Waals surface area contributed by atoms with Crippen LogP contribution in [-0.4, -0.2) is 65.3 Å². The lowest BCUT2D eigenvalue weighted by molar-refractivity contribution is 0.0825. The SMILES string of the molecule is CCCCOn1c(C(=S)N2CCSC2=S)ccc(C(=O)N2CCSC2=S)c1=O. The maximum absolute atomic E-state index is 13.1. The van der Waals surface area contributed by atoms with E-state index in [1.165, 1.54) is 22.7 Å². The van der Waals surface area contributed by atoms with E-state index < -0.39 is 11.5 Å². The Bertz CT molecular complexity index is 885. The first-order valence-electron chi connectivity index (χ1n) is 8.82. The topological polar surface area (TPSA) is 54.8 Å². The molecular weight excluding hydrogens is 455 g/mol. The van der Waals surface area contributed by atoms with Gasteiger partial charge in [-0.3, -0.25) is 14.5 Å². The van der Waals surface area contributed by atoms with Gasteiger partial charge in [-0.05, 0) is 18.6 Å². The number of amides is 1. The smallest absolute Gasteiger partial charge is 0.296 e. The summed E-state index contributed by atoms with van der Waals surface area (Å²) >= 11 is 19.1. The van der Waals surface area contributed by atoms with E-state index in [1.54, 1.807) is 17.8 Å². The molecule has 0 N–H and O–H groups in total. The van der Waals surface area contributed by atoms with Crippen LogP contribution in [0.15, 0.2) is 16.9 Å². The van der Waals surface area contributed by atoms with E-state index in [9.17, 15) is 9.59 Å². The van der Waals surface area contributed by atoms with E-state index in [0.717, 1.165) is 29.1 Å². The summed E-state index contributed by atoms with van der Waals surface area (Å²) in [6, 6.07) is 3.16. The summed E-state index contributed by atoms with van der Waals surface area (Å²) in [5.74, 6) is 1.18. The van der Waals surface area contributed by atoms with Gasteiger partial charge in [0.25, 0.3) is 11.5 Å². The molecule has 1 amide bonds. The Morgan fingerprint density at radius 2 is 1.79 bits per heavy atom. The van der Waals surface area contributed by atoms with E-state index in [4.69, 9.17) is 41.5 Å². The van der Waals surface area contributed by atoms with Crippen LogP contribution in [0, 0.1) is 0 Å². The molecule has 1 aromatic rings. The first-order valence-corrected chi connectivity index (χ1v) is 12.0. The van der Waals surface area contributed by atoms with Gasteiger partial charge in [0.15, 0.2) is 0 Å². The van der Waals surface area contributed by atoms with Crippen LogP contribution in [-0.2, 0) is 0 Å². The predicted molar refractivity (Wildman–Crippen MR) is 127 cm³/mol. The quantitative estimate of drug-likeness (QED) is 0.458. The van der Waals surface area contributed by atoms with Crippen molar-refractivity contribution in [3.05, 3.63) is 33.7 Å². The maximum atomic E-state index is 13.1. The fourth-order valence-corrected chi connectivity index (χ4v) is 5.58. The summed E-state index contributed by atoms with van der Waals surface area (Å²) in [6.07, 6.45) is 1.70. The van der Waals surface area contributed by atoms with Crippen molar-refractivity contribution in [2.75, 3.05) is 31.2 Å². The van der Waals surface area contributed by atoms with Crippen LogP contribution in [0.5, 0.6) is 0 Å². The van der Waals surface area contributed by atoms with Crippen LogP contribution in [0.1, 0.15) is 35.8 Å². The summed E-state index contributed by atoms with van der Waals surface area (Å²) in [6.45, 7) is 3.56. The summed E-state index contributed by atoms with van der Waals surface area (Å²) in [5.41, 5.74) is -0.0828. The Balaban J connectivity index is 1.98. The lowest BCUT2D eigenvalue weighted by Gasteiger charge is -2.22. The molecule has 1 aromatic heterocycles. The average Bonchev–Trinajstić information content (AvgIpc) is 3.30. The number of rotatable bonds is 6. The third-order valence-corrected chi connectivity index (χ3v) is 7.51. The fourth-order valence-electron chi connectivity index (χ4n) is 2.71. The minimum atomic E-state index is -0.529. The fraction of sp³-hybridized carbons (Fsp3) is 0.471. The van der Waals surface area contributed by atoms with Crippen LogP contribution in [0.3, 0.4) is 0 Å². The van der Waals surface area contributed by atoms with Crippen molar-refractivity contribution in [1.82, 2.24) is 14.5 Å². The van der Waals surface area contributed by atoms with Gasteiger partial charge < -0.3 is 9.74 Å². The third kappa shape index (κ3) is 4.43. The molecule has 2 aliphatic rings. The van der Waals surface area contributed by atoms with Crippen molar-refractivity contribution in [2.45, 2.75) is 19.8 Å². The zero-order valence-electron chi connectivity index (χ0n) is 15.2. The number of thioether (sulfide) groups is 2. The molecule has 3 rings (SSSR count). The number of hydrogen-bond donors (Lipinski definition) is 0. The van der Waals surface area contributed by atoms with Crippen molar-refractivity contribution in [3.63, 3.8) is 0 Å². The molecule has 0 spiro atoms. The first kappa shape index (κ1) is 21.7. The molecule has 0 aliphatic carbocycles. The van der Waals surface area contributed by atoms with Crippen LogP contribution in [0.25, 0.3) is 0 Å². The second-order valence-electron chi connectivity index (χ2n) is 6.06. The predicted octanol–water partition coefficient (Wildman–Crippen LogP) is 2.56. The van der Waals surface area contributed by atoms with Gasteiger partial charge >= 0.3 is 0 Å². The standard InChI is InChI=1S/C17H19N3O3S5/c1-2-3-8-23-20-12(15(24)19-7-10-28-17(19)26)5-4-11(14(20)22)13(21)18-6-9-27-16(18)25/h4-5H,2-3,6-10H2,1H3. The Hall–Kier alpha value is -1.01. The monoisotopic (exact) mass is 473 g/mol. The van der Waals surface area contributed by atoms with Gasteiger partial charge in [0.1, 0.15) is 31.5 Å². The van der Waals surface area contributed by atoms with E-state index in [2.05, 4.69) is 0 Å². The van der Waals surface area contributed by atoms with Crippen LogP contribution in [0.4, 0.5) is 0 Å². The van der Waals surface area contributed by atoms with Crippen molar-refractivity contribution >= 4 is 79.7 Å². The van der Waals surface area contributed by atoms with Gasteiger partial charge in [0.05, 0.1) is 0 Å². The zero-order valence-corrected chi connectivity index (χ0v) is 19.3. The number of hydrogen-bond acceptors (Lipinski definition) is 8. The summed E-state index contributed by atoms with van der Waals surface area (Å²) in [4.78, 5) is 35.4. The Kier molecular flexibility index (Phi) is 7.48. The molecular formula is C17H19N3O3S5. The molecule has 3 heterocycles. The Morgan fingerprint density at radius 3 is 2.36 bits per heavy atom. The van der Waals surface area contributed by atoms with Gasteiger partial charge in [-0.2, -0.15) is 0 Å². The van der Waals surface area contributed by atoms with E-state index >= 15 is 0 Å². The van der Waals surface area contributed by atoms with Crippen molar-refractivity contribution in [1.29, 1.82) is 0 Å². The highest BCUT2D eigenvalue weighted by Crippen LogP contribution is 2.22. The first-order chi connectivity index (χ1) is 13.5. The van der Waals surface area contributed by atoms with E-state index in [1.807, 2.05) is 11.8 Å². The molecule has 0 atom stereocenters. The van der Waals surface area contributed by atoms with Crippen LogP contribution in [0.2, 0.25) is 0 Å². The van der Waals surface area contributed by atoms with Crippen LogP contribution < -0.4 is 10.4 Å². The van der Waals surface area contributed by atoms with Gasteiger partial charge in [-0.1, -0.05) is 73.5 Å². The minimum absolute atomic E-state index is 0.0197. The molecule has 2 fully saturated rings. The molecule has 28 heavy (non-hydrogen) atoms. The minimum Gasteiger partial charge on any atom is -0.410 e. The lowest BCUT2D eigenvalue weighted by Crippen LogP contribution is -2.42. The highest BCUT2D eigenvalue weighted by Gasteiger charge is 2.30. The molecule has 6 nitrogen and oxygen atoms in total. The van der Waals surface area contributed by atoms with E-state index in [0.29, 0.717) is 39.0 Å². The van der Waals surface area contributed by atoms with Crippen LogP contribution >= 0.6 is 60.2 Å². The number of pyridine rings is 1. The van der Waals surface area contributed by atoms with Crippen molar-refractivity contribution in [3.8, 4) is 0 Å². The van der Waals surface area contributed by atoms with Gasteiger partial charge in [0.2, 0.25) is 0 Å². The summed E-state index contributed by atoms with van der Waals surface area (Å²) in [5, 5.41) is 0.